The quantitative estimate of drug-likeness (QED) is 0.240. The van der Waals surface area contributed by atoms with Gasteiger partial charge in [0.2, 0.25) is 0 Å². The van der Waals surface area contributed by atoms with Gasteiger partial charge in [-0.05, 0) is 32.4 Å². The van der Waals surface area contributed by atoms with E-state index in [0.29, 0.717) is 47.9 Å². The highest BCUT2D eigenvalue weighted by Crippen LogP contribution is 2.43. The number of likely N-dealkylation sites (tertiary alicyclic amines) is 1. The van der Waals surface area contributed by atoms with E-state index in [9.17, 15) is 19.5 Å². The fourth-order valence-corrected chi connectivity index (χ4v) is 5.05. The van der Waals surface area contributed by atoms with E-state index in [0.717, 1.165) is 13.1 Å². The SMILES string of the molecule is CCOC(=O)c1[nH]c(C)c(/C(O)=C2\C(=O)C(=O)N(CCN3CCOCC3)C2c2ccccc2OC)c1C. The van der Waals surface area contributed by atoms with E-state index in [1.807, 2.05) is 0 Å². The third kappa shape index (κ3) is 4.99. The minimum absolute atomic E-state index is 0.0444. The predicted octanol–water partition coefficient (Wildman–Crippen LogP) is 2.57. The van der Waals surface area contributed by atoms with Gasteiger partial charge in [-0.15, -0.1) is 0 Å². The summed E-state index contributed by atoms with van der Waals surface area (Å²) in [5.41, 5.74) is 1.95. The van der Waals surface area contributed by atoms with Crippen molar-refractivity contribution in [2.45, 2.75) is 26.8 Å². The van der Waals surface area contributed by atoms with Crippen molar-refractivity contribution in [1.29, 1.82) is 0 Å². The number of aliphatic hydroxyl groups is 1. The number of rotatable bonds is 8. The summed E-state index contributed by atoms with van der Waals surface area (Å²) in [5, 5.41) is 11.6. The molecule has 2 aliphatic rings. The first-order chi connectivity index (χ1) is 17.8. The van der Waals surface area contributed by atoms with Crippen LogP contribution in [0.2, 0.25) is 0 Å². The molecule has 3 heterocycles. The van der Waals surface area contributed by atoms with Gasteiger partial charge in [0.05, 0.1) is 38.5 Å². The molecule has 0 saturated carbocycles. The van der Waals surface area contributed by atoms with Crippen molar-refractivity contribution in [3.63, 3.8) is 0 Å². The number of para-hydroxylation sites is 1. The Morgan fingerprint density at radius 3 is 2.54 bits per heavy atom. The molecule has 0 aliphatic carbocycles. The molecule has 2 fully saturated rings. The Morgan fingerprint density at radius 1 is 1.16 bits per heavy atom. The smallest absolute Gasteiger partial charge is 0.355 e. The van der Waals surface area contributed by atoms with E-state index >= 15 is 0 Å². The largest absolute Gasteiger partial charge is 0.507 e. The fourth-order valence-electron chi connectivity index (χ4n) is 5.05. The number of aryl methyl sites for hydroxylation is 1. The number of aromatic amines is 1. The zero-order chi connectivity index (χ0) is 26.7. The monoisotopic (exact) mass is 511 g/mol. The number of methoxy groups -OCH3 is 1. The number of nitrogens with zero attached hydrogens (tertiary/aromatic N) is 2. The van der Waals surface area contributed by atoms with Crippen LogP contribution in [0.1, 0.15) is 45.8 Å². The number of aromatic nitrogens is 1. The highest BCUT2D eigenvalue weighted by Gasteiger charge is 2.47. The number of amides is 1. The number of carbonyl (C=O) groups excluding carboxylic acids is 3. The molecule has 4 rings (SSSR count). The van der Waals surface area contributed by atoms with E-state index in [4.69, 9.17) is 14.2 Å². The van der Waals surface area contributed by atoms with E-state index in [1.54, 1.807) is 45.0 Å². The number of morpholine rings is 1. The molecule has 10 heteroatoms. The van der Waals surface area contributed by atoms with Gasteiger partial charge in [-0.1, -0.05) is 18.2 Å². The Balaban J connectivity index is 1.82. The second-order valence-electron chi connectivity index (χ2n) is 9.03. The van der Waals surface area contributed by atoms with Crippen LogP contribution in [0.4, 0.5) is 0 Å². The van der Waals surface area contributed by atoms with E-state index in [1.165, 1.54) is 12.0 Å². The Morgan fingerprint density at radius 2 is 1.86 bits per heavy atom. The molecule has 0 bridgehead atoms. The van der Waals surface area contributed by atoms with Crippen molar-refractivity contribution in [3.05, 3.63) is 57.9 Å². The lowest BCUT2D eigenvalue weighted by atomic mass is 9.93. The van der Waals surface area contributed by atoms with Gasteiger partial charge in [0.15, 0.2) is 0 Å². The normalized spacial score (nSPS) is 19.9. The molecular formula is C27H33N3O7. The summed E-state index contributed by atoms with van der Waals surface area (Å²) < 4.78 is 16.1. The lowest BCUT2D eigenvalue weighted by molar-refractivity contribution is -0.140. The molecule has 1 amide bonds. The minimum atomic E-state index is -0.864. The summed E-state index contributed by atoms with van der Waals surface area (Å²) in [6.07, 6.45) is 0. The summed E-state index contributed by atoms with van der Waals surface area (Å²) >= 11 is 0. The average Bonchev–Trinajstić information content (AvgIpc) is 3.34. The molecule has 0 spiro atoms. The number of carbonyl (C=O) groups is 3. The maximum absolute atomic E-state index is 13.4. The topological polar surface area (TPSA) is 121 Å². The van der Waals surface area contributed by atoms with Crippen LogP contribution in [-0.4, -0.2) is 90.7 Å². The molecule has 2 aliphatic heterocycles. The van der Waals surface area contributed by atoms with Crippen LogP contribution in [0.15, 0.2) is 29.8 Å². The van der Waals surface area contributed by atoms with Gasteiger partial charge in [0.25, 0.3) is 11.7 Å². The molecule has 1 aromatic heterocycles. The second kappa shape index (κ2) is 11.2. The summed E-state index contributed by atoms with van der Waals surface area (Å²) in [4.78, 5) is 45.9. The Kier molecular flexibility index (Phi) is 7.99. The predicted molar refractivity (Wildman–Crippen MR) is 135 cm³/mol. The molecule has 10 nitrogen and oxygen atoms in total. The Hall–Kier alpha value is -3.63. The van der Waals surface area contributed by atoms with Crippen LogP contribution in [-0.2, 0) is 19.1 Å². The number of Topliss-reactive ketones (excluding diaryl/α,β-unsaturated/α-hetero) is 1. The number of esters is 1. The summed E-state index contributed by atoms with van der Waals surface area (Å²) in [5.74, 6) is -1.89. The first-order valence-electron chi connectivity index (χ1n) is 12.4. The van der Waals surface area contributed by atoms with Crippen LogP contribution >= 0.6 is 0 Å². The molecule has 198 valence electrons. The highest BCUT2D eigenvalue weighted by atomic mass is 16.5. The van der Waals surface area contributed by atoms with Gasteiger partial charge >= 0.3 is 5.97 Å². The lowest BCUT2D eigenvalue weighted by Gasteiger charge is -2.31. The molecule has 1 atom stereocenters. The minimum Gasteiger partial charge on any atom is -0.507 e. The summed E-state index contributed by atoms with van der Waals surface area (Å²) in [6.45, 7) is 8.79. The second-order valence-corrected chi connectivity index (χ2v) is 9.03. The molecule has 1 aromatic carbocycles. The van der Waals surface area contributed by atoms with Crippen LogP contribution in [0.25, 0.3) is 5.76 Å². The van der Waals surface area contributed by atoms with Crippen LogP contribution in [0.3, 0.4) is 0 Å². The van der Waals surface area contributed by atoms with Crippen molar-refractivity contribution < 1.29 is 33.7 Å². The molecule has 2 saturated heterocycles. The summed E-state index contributed by atoms with van der Waals surface area (Å²) in [7, 11) is 1.52. The number of nitrogens with one attached hydrogen (secondary N) is 1. The number of H-pyrrole nitrogens is 1. The van der Waals surface area contributed by atoms with Gasteiger partial charge in [-0.3, -0.25) is 14.5 Å². The van der Waals surface area contributed by atoms with E-state index < -0.39 is 23.7 Å². The molecule has 1 unspecified atom stereocenters. The zero-order valence-electron chi connectivity index (χ0n) is 21.6. The van der Waals surface area contributed by atoms with Gasteiger partial charge < -0.3 is 29.2 Å². The van der Waals surface area contributed by atoms with E-state index in [-0.39, 0.29) is 30.2 Å². The number of benzene rings is 1. The molecule has 37 heavy (non-hydrogen) atoms. The Labute approximate surface area is 215 Å². The van der Waals surface area contributed by atoms with Crippen molar-refractivity contribution in [2.24, 2.45) is 0 Å². The molecule has 2 aromatic rings. The molecule has 2 N–H and O–H groups in total. The number of ketones is 1. The zero-order valence-corrected chi connectivity index (χ0v) is 21.6. The van der Waals surface area contributed by atoms with E-state index in [2.05, 4.69) is 9.88 Å². The van der Waals surface area contributed by atoms with Crippen molar-refractivity contribution in [2.75, 3.05) is 53.1 Å². The summed E-state index contributed by atoms with van der Waals surface area (Å²) in [6, 6.07) is 6.27. The lowest BCUT2D eigenvalue weighted by Crippen LogP contribution is -2.42. The van der Waals surface area contributed by atoms with Gasteiger partial charge in [-0.2, -0.15) is 0 Å². The standard InChI is InChI=1S/C27H33N3O7/c1-5-37-27(34)22-16(2)20(17(3)28-22)24(31)21-23(18-8-6-7-9-19(18)35-4)30(26(33)25(21)32)11-10-29-12-14-36-15-13-29/h6-9,23,28,31H,5,10-15H2,1-4H3/b24-21+. The fraction of sp³-hybridized carbons (Fsp3) is 0.444. The van der Waals surface area contributed by atoms with Crippen molar-refractivity contribution in [1.82, 2.24) is 14.8 Å². The first kappa shape index (κ1) is 26.4. The third-order valence-electron chi connectivity index (χ3n) is 6.89. The third-order valence-corrected chi connectivity index (χ3v) is 6.89. The molecule has 0 radical (unpaired) electrons. The first-order valence-corrected chi connectivity index (χ1v) is 12.4. The van der Waals surface area contributed by atoms with Crippen LogP contribution < -0.4 is 4.74 Å². The highest BCUT2D eigenvalue weighted by molar-refractivity contribution is 6.46. The Bertz CT molecular complexity index is 1230. The number of aliphatic hydroxyl groups excluding tert-OH is 1. The van der Waals surface area contributed by atoms with Crippen LogP contribution in [0, 0.1) is 13.8 Å². The van der Waals surface area contributed by atoms with Gasteiger partial charge in [0.1, 0.15) is 17.2 Å². The van der Waals surface area contributed by atoms with Gasteiger partial charge in [0, 0.05) is 43.0 Å². The van der Waals surface area contributed by atoms with Gasteiger partial charge in [-0.25, -0.2) is 4.79 Å². The number of ether oxygens (including phenoxy) is 3. The molecular weight excluding hydrogens is 478 g/mol. The maximum Gasteiger partial charge on any atom is 0.355 e. The average molecular weight is 512 g/mol. The van der Waals surface area contributed by atoms with Crippen molar-refractivity contribution >= 4 is 23.4 Å². The van der Waals surface area contributed by atoms with Crippen molar-refractivity contribution in [3.8, 4) is 5.75 Å². The number of hydrogen-bond donors (Lipinski definition) is 2. The maximum atomic E-state index is 13.4. The number of hydrogen-bond acceptors (Lipinski definition) is 8. The van der Waals surface area contributed by atoms with Crippen LogP contribution in [0.5, 0.6) is 5.75 Å².